The zero-order valence-corrected chi connectivity index (χ0v) is 12.2. The van der Waals surface area contributed by atoms with Crippen molar-refractivity contribution in [3.63, 3.8) is 0 Å². The number of aromatic amines is 1. The molecule has 1 fully saturated rings. The minimum atomic E-state index is -0.634. The van der Waals surface area contributed by atoms with Gasteiger partial charge in [0.05, 0.1) is 0 Å². The van der Waals surface area contributed by atoms with Crippen molar-refractivity contribution in [2.75, 3.05) is 0 Å². The Morgan fingerprint density at radius 2 is 2.14 bits per heavy atom. The summed E-state index contributed by atoms with van der Waals surface area (Å²) in [4.78, 5) is 31.6. The molecule has 1 N–H and O–H groups in total. The highest BCUT2D eigenvalue weighted by atomic mass is 16.6. The van der Waals surface area contributed by atoms with E-state index in [2.05, 4.69) is 16.7 Å². The standard InChI is InChI=1S/C15H17N3O3/c1-9(2)18-14(19)13(21-15(18)20)7-11-8-17-12(10(11)3)5-6-16-4/h5-9,17H,4H2,1-3H3/b6-5-,13-7-. The molecule has 0 unspecified atom stereocenters. The lowest BCUT2D eigenvalue weighted by molar-refractivity contribution is -0.124. The molecule has 0 aromatic carbocycles. The minimum Gasteiger partial charge on any atom is -0.404 e. The zero-order chi connectivity index (χ0) is 15.6. The Hall–Kier alpha value is -2.63. The van der Waals surface area contributed by atoms with Crippen LogP contribution in [0.15, 0.2) is 23.1 Å². The second-order valence-electron chi connectivity index (χ2n) is 4.93. The molecule has 1 aromatic heterocycles. The van der Waals surface area contributed by atoms with Crippen molar-refractivity contribution in [2.45, 2.75) is 26.8 Å². The van der Waals surface area contributed by atoms with Crippen molar-refractivity contribution in [3.05, 3.63) is 35.0 Å². The fraction of sp³-hybridized carbons (Fsp3) is 0.267. The van der Waals surface area contributed by atoms with Crippen LogP contribution in [-0.4, -0.2) is 34.6 Å². The number of aliphatic imine (C=N–C) groups is 1. The van der Waals surface area contributed by atoms with Crippen LogP contribution in [0.3, 0.4) is 0 Å². The number of H-pyrrole nitrogens is 1. The van der Waals surface area contributed by atoms with Crippen molar-refractivity contribution >= 4 is 30.9 Å². The topological polar surface area (TPSA) is 74.8 Å². The lowest BCUT2D eigenvalue weighted by atomic mass is 10.1. The third-order valence-electron chi connectivity index (χ3n) is 3.19. The van der Waals surface area contributed by atoms with Crippen LogP contribution in [0.5, 0.6) is 0 Å². The van der Waals surface area contributed by atoms with Crippen LogP contribution in [0.4, 0.5) is 4.79 Å². The van der Waals surface area contributed by atoms with E-state index in [0.29, 0.717) is 0 Å². The molecule has 2 heterocycles. The van der Waals surface area contributed by atoms with Crippen molar-refractivity contribution in [1.29, 1.82) is 0 Å². The first-order valence-corrected chi connectivity index (χ1v) is 6.53. The van der Waals surface area contributed by atoms with Gasteiger partial charge in [0.25, 0.3) is 5.91 Å². The molecule has 1 aliphatic rings. The fourth-order valence-corrected chi connectivity index (χ4v) is 2.04. The first-order chi connectivity index (χ1) is 9.95. The van der Waals surface area contributed by atoms with Crippen LogP contribution < -0.4 is 0 Å². The predicted molar refractivity (Wildman–Crippen MR) is 80.6 cm³/mol. The van der Waals surface area contributed by atoms with E-state index in [9.17, 15) is 9.59 Å². The molecule has 0 aliphatic carbocycles. The van der Waals surface area contributed by atoms with Crippen LogP contribution in [-0.2, 0) is 9.53 Å². The zero-order valence-electron chi connectivity index (χ0n) is 12.2. The highest BCUT2D eigenvalue weighted by Gasteiger charge is 2.38. The highest BCUT2D eigenvalue weighted by molar-refractivity contribution is 6.10. The summed E-state index contributed by atoms with van der Waals surface area (Å²) in [7, 11) is 0. The third-order valence-corrected chi connectivity index (χ3v) is 3.19. The molecular formula is C15H17N3O3. The molecule has 0 radical (unpaired) electrons. The van der Waals surface area contributed by atoms with E-state index in [4.69, 9.17) is 4.74 Å². The lowest BCUT2D eigenvalue weighted by Gasteiger charge is -2.13. The molecule has 1 aromatic rings. The van der Waals surface area contributed by atoms with Crippen LogP contribution in [0, 0.1) is 6.92 Å². The second kappa shape index (κ2) is 5.78. The number of cyclic esters (lactones) is 1. The van der Waals surface area contributed by atoms with E-state index in [1.807, 2.05) is 6.92 Å². The maximum atomic E-state index is 12.1. The number of ether oxygens (including phenoxy) is 1. The molecule has 1 saturated heterocycles. The Bertz CT molecular complexity index is 653. The summed E-state index contributed by atoms with van der Waals surface area (Å²) in [6.45, 7) is 8.78. The Kier molecular flexibility index (Phi) is 4.07. The van der Waals surface area contributed by atoms with Crippen LogP contribution >= 0.6 is 0 Å². The largest absolute Gasteiger partial charge is 0.422 e. The molecule has 110 valence electrons. The Morgan fingerprint density at radius 3 is 2.71 bits per heavy atom. The smallest absolute Gasteiger partial charge is 0.404 e. The van der Waals surface area contributed by atoms with E-state index in [0.717, 1.165) is 21.7 Å². The Morgan fingerprint density at radius 1 is 1.43 bits per heavy atom. The predicted octanol–water partition coefficient (Wildman–Crippen LogP) is 2.72. The molecule has 1 aliphatic heterocycles. The maximum Gasteiger partial charge on any atom is 0.422 e. The number of amides is 2. The number of carbonyl (C=O) groups excluding carboxylic acids is 2. The van der Waals surface area contributed by atoms with Gasteiger partial charge in [0, 0.05) is 24.1 Å². The van der Waals surface area contributed by atoms with Crippen LogP contribution in [0.25, 0.3) is 12.2 Å². The molecule has 0 spiro atoms. The lowest BCUT2D eigenvalue weighted by Crippen LogP contribution is -2.35. The van der Waals surface area contributed by atoms with Gasteiger partial charge in [-0.3, -0.25) is 9.79 Å². The number of carbonyl (C=O) groups is 2. The maximum absolute atomic E-state index is 12.1. The summed E-state index contributed by atoms with van der Waals surface area (Å²) in [5.41, 5.74) is 2.56. The molecule has 2 rings (SSSR count). The Labute approximate surface area is 122 Å². The van der Waals surface area contributed by atoms with E-state index in [1.165, 1.54) is 0 Å². The van der Waals surface area contributed by atoms with Gasteiger partial charge in [0.1, 0.15) is 0 Å². The summed E-state index contributed by atoms with van der Waals surface area (Å²) in [6, 6.07) is -0.236. The van der Waals surface area contributed by atoms with Gasteiger partial charge in [-0.2, -0.15) is 0 Å². The average molecular weight is 287 g/mol. The van der Waals surface area contributed by atoms with E-state index >= 15 is 0 Å². The minimum absolute atomic E-state index is 0.0353. The summed E-state index contributed by atoms with van der Waals surface area (Å²) in [5.74, 6) is -0.381. The van der Waals surface area contributed by atoms with Gasteiger partial charge in [-0.25, -0.2) is 9.69 Å². The molecule has 2 amide bonds. The number of aromatic nitrogens is 1. The molecule has 6 heteroatoms. The summed E-state index contributed by atoms with van der Waals surface area (Å²) in [6.07, 6.45) is 6.01. The molecular weight excluding hydrogens is 270 g/mol. The highest BCUT2D eigenvalue weighted by Crippen LogP contribution is 2.24. The average Bonchev–Trinajstić information content (AvgIpc) is 2.90. The Balaban J connectivity index is 2.31. The quantitative estimate of drug-likeness (QED) is 0.683. The number of hydrogen-bond donors (Lipinski definition) is 1. The fourth-order valence-electron chi connectivity index (χ4n) is 2.04. The molecule has 6 nitrogen and oxygen atoms in total. The monoisotopic (exact) mass is 287 g/mol. The molecule has 21 heavy (non-hydrogen) atoms. The first-order valence-electron chi connectivity index (χ1n) is 6.53. The van der Waals surface area contributed by atoms with Gasteiger partial charge in [0.2, 0.25) is 0 Å². The second-order valence-corrected chi connectivity index (χ2v) is 4.93. The van der Waals surface area contributed by atoms with E-state index < -0.39 is 12.0 Å². The molecule has 0 bridgehead atoms. The summed E-state index contributed by atoms with van der Waals surface area (Å²) < 4.78 is 5.03. The van der Waals surface area contributed by atoms with E-state index in [-0.39, 0.29) is 11.8 Å². The van der Waals surface area contributed by atoms with Crippen molar-refractivity contribution in [3.8, 4) is 0 Å². The van der Waals surface area contributed by atoms with Crippen molar-refractivity contribution in [2.24, 2.45) is 4.99 Å². The van der Waals surface area contributed by atoms with Gasteiger partial charge >= 0.3 is 6.09 Å². The number of imide groups is 1. The SMILES string of the molecule is C=N/C=C\c1[nH]cc(/C=C2\OC(=O)N(C(C)C)C2=O)c1C. The summed E-state index contributed by atoms with van der Waals surface area (Å²) >= 11 is 0. The van der Waals surface area contributed by atoms with Gasteiger partial charge in [-0.15, -0.1) is 0 Å². The number of nitrogens with zero attached hydrogens (tertiary/aromatic N) is 2. The number of hydrogen-bond acceptors (Lipinski definition) is 4. The van der Waals surface area contributed by atoms with E-state index in [1.54, 1.807) is 38.4 Å². The van der Waals surface area contributed by atoms with Crippen LogP contribution in [0.2, 0.25) is 0 Å². The van der Waals surface area contributed by atoms with Crippen molar-refractivity contribution < 1.29 is 14.3 Å². The normalized spacial score (nSPS) is 17.3. The molecule has 0 saturated carbocycles. The third kappa shape index (κ3) is 2.79. The van der Waals surface area contributed by atoms with Gasteiger partial charge in [-0.1, -0.05) is 0 Å². The van der Waals surface area contributed by atoms with Gasteiger partial charge in [0.15, 0.2) is 5.76 Å². The van der Waals surface area contributed by atoms with Gasteiger partial charge < -0.3 is 9.72 Å². The van der Waals surface area contributed by atoms with Crippen LogP contribution in [0.1, 0.15) is 30.7 Å². The van der Waals surface area contributed by atoms with Crippen molar-refractivity contribution in [1.82, 2.24) is 9.88 Å². The first kappa shape index (κ1) is 14.8. The number of rotatable bonds is 4. The van der Waals surface area contributed by atoms with Gasteiger partial charge in [-0.05, 0) is 50.8 Å². The molecule has 0 atom stereocenters. The summed E-state index contributed by atoms with van der Waals surface area (Å²) in [5, 5.41) is 0. The number of nitrogens with one attached hydrogen (secondary N) is 1.